The lowest BCUT2D eigenvalue weighted by Crippen LogP contribution is -2.10. The molecule has 0 saturated heterocycles. The molecule has 26 heavy (non-hydrogen) atoms. The van der Waals surface area contributed by atoms with Gasteiger partial charge in [0.1, 0.15) is 11.4 Å². The topological polar surface area (TPSA) is 95.7 Å². The molecule has 0 radical (unpaired) electrons. The molecule has 0 saturated carbocycles. The van der Waals surface area contributed by atoms with Gasteiger partial charge in [-0.3, -0.25) is 9.59 Å². The molecule has 0 bridgehead atoms. The highest BCUT2D eigenvalue weighted by Gasteiger charge is 2.16. The molecule has 0 fully saturated rings. The van der Waals surface area contributed by atoms with Crippen molar-refractivity contribution in [3.05, 3.63) is 35.7 Å². The first-order valence-electron chi connectivity index (χ1n) is 8.22. The molecule has 1 aromatic carbocycles. The summed E-state index contributed by atoms with van der Waals surface area (Å²) in [5.74, 6) is -0.165. The summed E-state index contributed by atoms with van der Waals surface area (Å²) in [6.45, 7) is 4.23. The van der Waals surface area contributed by atoms with E-state index in [2.05, 4.69) is 15.3 Å². The highest BCUT2D eigenvalue weighted by molar-refractivity contribution is 7.19. The minimum Gasteiger partial charge on any atom is -0.466 e. The molecule has 0 amide bonds. The van der Waals surface area contributed by atoms with E-state index in [1.807, 2.05) is 24.3 Å². The molecular formula is C17H18N4O4S. The van der Waals surface area contributed by atoms with Crippen molar-refractivity contribution in [3.8, 4) is 10.6 Å². The van der Waals surface area contributed by atoms with Gasteiger partial charge in [-0.15, -0.1) is 10.2 Å². The molecule has 136 valence electrons. The molecule has 2 aromatic heterocycles. The first-order chi connectivity index (χ1) is 12.6. The maximum absolute atomic E-state index is 11.6. The average molecular weight is 374 g/mol. The van der Waals surface area contributed by atoms with E-state index >= 15 is 0 Å². The fourth-order valence-corrected chi connectivity index (χ4v) is 3.23. The Morgan fingerprint density at radius 1 is 1.00 bits per heavy atom. The predicted octanol–water partition coefficient (Wildman–Crippen LogP) is 2.06. The van der Waals surface area contributed by atoms with Crippen LogP contribution in [0.3, 0.4) is 0 Å². The SMILES string of the molecule is CCOC(=O)Cc1ccc(-c2nn3c(CC(=O)OCC)nnc3s2)cc1. The minimum atomic E-state index is -0.361. The smallest absolute Gasteiger partial charge is 0.313 e. The molecule has 0 spiro atoms. The van der Waals surface area contributed by atoms with Crippen LogP contribution in [0.1, 0.15) is 25.2 Å². The number of rotatable bonds is 7. The number of hydrogen-bond donors (Lipinski definition) is 0. The van der Waals surface area contributed by atoms with Gasteiger partial charge < -0.3 is 9.47 Å². The highest BCUT2D eigenvalue weighted by Crippen LogP contribution is 2.26. The molecule has 2 heterocycles. The number of esters is 2. The van der Waals surface area contributed by atoms with Gasteiger partial charge in [0.2, 0.25) is 4.96 Å². The van der Waals surface area contributed by atoms with Crippen LogP contribution in [-0.2, 0) is 31.9 Å². The van der Waals surface area contributed by atoms with Crippen LogP contribution in [0.4, 0.5) is 0 Å². The van der Waals surface area contributed by atoms with Crippen molar-refractivity contribution in [2.24, 2.45) is 0 Å². The van der Waals surface area contributed by atoms with Crippen molar-refractivity contribution in [3.63, 3.8) is 0 Å². The summed E-state index contributed by atoms with van der Waals surface area (Å²) in [6.07, 6.45) is 0.263. The van der Waals surface area contributed by atoms with Crippen molar-refractivity contribution in [2.45, 2.75) is 26.7 Å². The largest absolute Gasteiger partial charge is 0.466 e. The van der Waals surface area contributed by atoms with Gasteiger partial charge in [-0.25, -0.2) is 0 Å². The zero-order chi connectivity index (χ0) is 18.5. The van der Waals surface area contributed by atoms with Gasteiger partial charge in [-0.2, -0.15) is 9.61 Å². The quantitative estimate of drug-likeness (QED) is 0.584. The van der Waals surface area contributed by atoms with E-state index < -0.39 is 0 Å². The van der Waals surface area contributed by atoms with Gasteiger partial charge >= 0.3 is 11.9 Å². The Bertz CT molecular complexity index is 917. The van der Waals surface area contributed by atoms with Gasteiger partial charge in [-0.05, 0) is 19.4 Å². The van der Waals surface area contributed by atoms with E-state index in [-0.39, 0.29) is 24.8 Å². The van der Waals surface area contributed by atoms with E-state index in [1.54, 1.807) is 18.4 Å². The van der Waals surface area contributed by atoms with E-state index in [0.717, 1.165) is 16.1 Å². The van der Waals surface area contributed by atoms with Crippen LogP contribution < -0.4 is 0 Å². The fourth-order valence-electron chi connectivity index (χ4n) is 2.37. The Morgan fingerprint density at radius 3 is 2.31 bits per heavy atom. The Balaban J connectivity index is 1.77. The molecule has 0 aliphatic heterocycles. The van der Waals surface area contributed by atoms with Crippen molar-refractivity contribution in [2.75, 3.05) is 13.2 Å². The second kappa shape index (κ2) is 8.05. The number of aromatic nitrogens is 4. The van der Waals surface area contributed by atoms with Crippen LogP contribution in [0.2, 0.25) is 0 Å². The number of hydrogen-bond acceptors (Lipinski definition) is 8. The van der Waals surface area contributed by atoms with Gasteiger partial charge in [-0.1, -0.05) is 35.6 Å². The van der Waals surface area contributed by atoms with E-state index in [1.165, 1.54) is 11.3 Å². The van der Waals surface area contributed by atoms with Crippen molar-refractivity contribution in [1.29, 1.82) is 0 Å². The number of benzene rings is 1. The second-order valence-corrected chi connectivity index (χ2v) is 6.33. The molecule has 0 aliphatic carbocycles. The third-order valence-electron chi connectivity index (χ3n) is 3.52. The summed E-state index contributed by atoms with van der Waals surface area (Å²) in [7, 11) is 0. The molecule has 0 aliphatic rings. The van der Waals surface area contributed by atoms with Crippen LogP contribution >= 0.6 is 11.3 Å². The Hall–Kier alpha value is -2.81. The lowest BCUT2D eigenvalue weighted by atomic mass is 10.1. The number of carbonyl (C=O) groups excluding carboxylic acids is 2. The lowest BCUT2D eigenvalue weighted by molar-refractivity contribution is -0.143. The van der Waals surface area contributed by atoms with Gasteiger partial charge in [0, 0.05) is 5.56 Å². The van der Waals surface area contributed by atoms with E-state index in [0.29, 0.717) is 24.0 Å². The lowest BCUT2D eigenvalue weighted by Gasteiger charge is -2.02. The standard InChI is InChI=1S/C17H18N4O4S/c1-3-24-14(22)9-11-5-7-12(8-6-11)16-20-21-13(10-15(23)25-4-2)18-19-17(21)26-16/h5-8H,3-4,9-10H2,1-2H3. The van der Waals surface area contributed by atoms with Gasteiger partial charge in [0.05, 0.1) is 19.6 Å². The molecule has 0 atom stereocenters. The van der Waals surface area contributed by atoms with Crippen molar-refractivity contribution >= 4 is 28.2 Å². The molecule has 0 unspecified atom stereocenters. The normalized spacial score (nSPS) is 10.8. The zero-order valence-electron chi connectivity index (χ0n) is 14.5. The van der Waals surface area contributed by atoms with Crippen LogP contribution in [0.15, 0.2) is 24.3 Å². The molecule has 3 aromatic rings. The Morgan fingerprint density at radius 2 is 1.65 bits per heavy atom. The summed E-state index contributed by atoms with van der Waals surface area (Å²) in [4.78, 5) is 23.8. The zero-order valence-corrected chi connectivity index (χ0v) is 15.3. The Kier molecular flexibility index (Phi) is 5.57. The predicted molar refractivity (Wildman–Crippen MR) is 94.8 cm³/mol. The minimum absolute atomic E-state index is 0.0245. The monoisotopic (exact) mass is 374 g/mol. The molecule has 8 nitrogen and oxygen atoms in total. The van der Waals surface area contributed by atoms with Crippen LogP contribution in [0.25, 0.3) is 15.5 Å². The van der Waals surface area contributed by atoms with Gasteiger partial charge in [0.25, 0.3) is 0 Å². The van der Waals surface area contributed by atoms with Crippen molar-refractivity contribution < 1.29 is 19.1 Å². The first kappa shape index (κ1) is 18.0. The number of fused-ring (bicyclic) bond motifs is 1. The van der Waals surface area contributed by atoms with Gasteiger partial charge in [0.15, 0.2) is 5.82 Å². The number of nitrogens with zero attached hydrogens (tertiary/aromatic N) is 4. The van der Waals surface area contributed by atoms with Crippen LogP contribution in [-0.4, -0.2) is 45.0 Å². The fraction of sp³-hybridized carbons (Fsp3) is 0.353. The highest BCUT2D eigenvalue weighted by atomic mass is 32.1. The average Bonchev–Trinajstić information content (AvgIpc) is 3.18. The van der Waals surface area contributed by atoms with E-state index in [9.17, 15) is 9.59 Å². The summed E-state index contributed by atoms with van der Waals surface area (Å²) < 4.78 is 11.4. The van der Waals surface area contributed by atoms with Crippen LogP contribution in [0, 0.1) is 0 Å². The summed E-state index contributed by atoms with van der Waals surface area (Å²) >= 11 is 1.37. The molecule has 9 heteroatoms. The summed E-state index contributed by atoms with van der Waals surface area (Å²) in [5.41, 5.74) is 1.77. The maximum Gasteiger partial charge on any atom is 0.313 e. The number of carbonyl (C=O) groups is 2. The molecule has 0 N–H and O–H groups in total. The molecular weight excluding hydrogens is 356 g/mol. The first-order valence-corrected chi connectivity index (χ1v) is 9.04. The molecule has 3 rings (SSSR count). The summed E-state index contributed by atoms with van der Waals surface area (Å²) in [6, 6.07) is 7.53. The van der Waals surface area contributed by atoms with E-state index in [4.69, 9.17) is 9.47 Å². The van der Waals surface area contributed by atoms with Crippen LogP contribution in [0.5, 0.6) is 0 Å². The third kappa shape index (κ3) is 4.05. The van der Waals surface area contributed by atoms with Crippen molar-refractivity contribution in [1.82, 2.24) is 19.8 Å². The number of ether oxygens (including phenoxy) is 2. The second-order valence-electron chi connectivity index (χ2n) is 5.38. The third-order valence-corrected chi connectivity index (χ3v) is 4.47. The summed E-state index contributed by atoms with van der Waals surface area (Å²) in [5, 5.41) is 13.3. The Labute approximate surface area is 153 Å². The maximum atomic E-state index is 11.6.